The number of carbonyl (C=O) groups excluding carboxylic acids is 2. The lowest BCUT2D eigenvalue weighted by Gasteiger charge is -2.39. The van der Waals surface area contributed by atoms with Gasteiger partial charge in [0.1, 0.15) is 0 Å². The van der Waals surface area contributed by atoms with Gasteiger partial charge >= 0.3 is 5.97 Å². The minimum atomic E-state index is -0.950. The number of carbonyl (C=O) groups is 3. The fraction of sp³-hybridized carbons (Fsp3) is 0.667. The van der Waals surface area contributed by atoms with E-state index in [9.17, 15) is 14.4 Å². The van der Waals surface area contributed by atoms with Crippen molar-refractivity contribution >= 4 is 17.8 Å². The molecule has 2 amide bonds. The molecule has 0 saturated heterocycles. The van der Waals surface area contributed by atoms with Gasteiger partial charge in [-0.1, -0.05) is 6.08 Å². The molecule has 0 aromatic heterocycles. The van der Waals surface area contributed by atoms with Crippen LogP contribution in [0.2, 0.25) is 0 Å². The largest absolute Gasteiger partial charge is 0.481 e. The number of hydrogen-bond donors (Lipinski definition) is 1. The van der Waals surface area contributed by atoms with Crippen molar-refractivity contribution in [3.63, 3.8) is 0 Å². The van der Waals surface area contributed by atoms with Crippen molar-refractivity contribution in [3.8, 4) is 0 Å². The Morgan fingerprint density at radius 3 is 2.38 bits per heavy atom. The highest BCUT2D eigenvalue weighted by molar-refractivity contribution is 6.05. The van der Waals surface area contributed by atoms with Gasteiger partial charge in [-0.2, -0.15) is 0 Å². The van der Waals surface area contributed by atoms with E-state index in [1.54, 1.807) is 20.0 Å². The lowest BCUT2D eigenvalue weighted by molar-refractivity contribution is -0.147. The molecule has 1 aliphatic rings. The standard InChI is InChI=1S/C15H24N2O4/c1-10-6-8-12(18)17(10)14(21)11(7-9-13(19)20)16(5)15(2,3)4/h6,8,10-11H,7,9H2,1-5H3,(H,19,20). The molecule has 0 bridgehead atoms. The van der Waals surface area contributed by atoms with Gasteiger partial charge in [0.25, 0.3) is 5.91 Å². The van der Waals surface area contributed by atoms with E-state index in [-0.39, 0.29) is 36.2 Å². The predicted octanol–water partition coefficient (Wildman–Crippen LogP) is 1.26. The van der Waals surface area contributed by atoms with Crippen molar-refractivity contribution in [1.82, 2.24) is 9.80 Å². The summed E-state index contributed by atoms with van der Waals surface area (Å²) in [5.74, 6) is -1.62. The number of rotatable bonds is 5. The normalized spacial score (nSPS) is 20.2. The SMILES string of the molecule is CC1C=CC(=O)N1C(=O)C(CCC(=O)O)N(C)C(C)(C)C. The number of nitrogens with zero attached hydrogens (tertiary/aromatic N) is 2. The predicted molar refractivity (Wildman–Crippen MR) is 78.6 cm³/mol. The van der Waals surface area contributed by atoms with E-state index >= 15 is 0 Å². The zero-order valence-electron chi connectivity index (χ0n) is 13.3. The quantitative estimate of drug-likeness (QED) is 0.826. The first-order valence-corrected chi connectivity index (χ1v) is 7.05. The van der Waals surface area contributed by atoms with Gasteiger partial charge < -0.3 is 5.11 Å². The van der Waals surface area contributed by atoms with Crippen molar-refractivity contribution in [2.75, 3.05) is 7.05 Å². The third kappa shape index (κ3) is 4.14. The number of hydrogen-bond acceptors (Lipinski definition) is 4. The number of amides is 2. The zero-order chi connectivity index (χ0) is 16.4. The highest BCUT2D eigenvalue weighted by Crippen LogP contribution is 2.22. The maximum absolute atomic E-state index is 12.7. The lowest BCUT2D eigenvalue weighted by atomic mass is 9.99. The smallest absolute Gasteiger partial charge is 0.303 e. The number of imide groups is 1. The Morgan fingerprint density at radius 2 is 2.00 bits per heavy atom. The molecular weight excluding hydrogens is 272 g/mol. The van der Waals surface area contributed by atoms with Crippen LogP contribution >= 0.6 is 0 Å². The van der Waals surface area contributed by atoms with Crippen LogP contribution < -0.4 is 0 Å². The number of carboxylic acids is 1. The summed E-state index contributed by atoms with van der Waals surface area (Å²) in [7, 11) is 1.78. The summed E-state index contributed by atoms with van der Waals surface area (Å²) in [6.45, 7) is 7.61. The summed E-state index contributed by atoms with van der Waals surface area (Å²) in [4.78, 5) is 38.4. The van der Waals surface area contributed by atoms with Gasteiger partial charge in [0.05, 0.1) is 12.1 Å². The highest BCUT2D eigenvalue weighted by Gasteiger charge is 2.38. The minimum absolute atomic E-state index is 0.110. The first kappa shape index (κ1) is 17.4. The Balaban J connectivity index is 2.97. The molecule has 0 aliphatic carbocycles. The Kier molecular flexibility index (Phi) is 5.28. The topological polar surface area (TPSA) is 77.9 Å². The van der Waals surface area contributed by atoms with Gasteiger partial charge in [0.15, 0.2) is 0 Å². The molecule has 6 heteroatoms. The summed E-state index contributed by atoms with van der Waals surface area (Å²) in [5, 5.41) is 8.88. The van der Waals surface area contributed by atoms with Crippen LogP contribution in [0.15, 0.2) is 12.2 Å². The van der Waals surface area contributed by atoms with Gasteiger partial charge in [-0.25, -0.2) is 0 Å². The Morgan fingerprint density at radius 1 is 1.43 bits per heavy atom. The Bertz CT molecular complexity index is 465. The molecule has 0 spiro atoms. The number of likely N-dealkylation sites (N-methyl/N-ethyl adjacent to an activating group) is 1. The highest BCUT2D eigenvalue weighted by atomic mass is 16.4. The van der Waals surface area contributed by atoms with Gasteiger partial charge in [-0.15, -0.1) is 0 Å². The summed E-state index contributed by atoms with van der Waals surface area (Å²) in [6.07, 6.45) is 3.12. The minimum Gasteiger partial charge on any atom is -0.481 e. The van der Waals surface area contributed by atoms with Crippen LogP contribution in [0, 0.1) is 0 Å². The molecule has 21 heavy (non-hydrogen) atoms. The van der Waals surface area contributed by atoms with Crippen molar-refractivity contribution in [2.45, 2.75) is 58.2 Å². The second-order valence-corrected chi connectivity index (χ2v) is 6.38. The van der Waals surface area contributed by atoms with Crippen LogP contribution in [0.3, 0.4) is 0 Å². The molecule has 6 nitrogen and oxygen atoms in total. The number of aliphatic carboxylic acids is 1. The Hall–Kier alpha value is -1.69. The van der Waals surface area contributed by atoms with Crippen LogP contribution in [0.25, 0.3) is 0 Å². The zero-order valence-corrected chi connectivity index (χ0v) is 13.3. The molecule has 1 heterocycles. The molecule has 0 radical (unpaired) electrons. The fourth-order valence-electron chi connectivity index (χ4n) is 2.27. The van der Waals surface area contributed by atoms with E-state index in [1.807, 2.05) is 25.7 Å². The molecule has 2 atom stereocenters. The van der Waals surface area contributed by atoms with E-state index in [0.717, 1.165) is 0 Å². The second kappa shape index (κ2) is 6.39. The molecule has 118 valence electrons. The summed E-state index contributed by atoms with van der Waals surface area (Å²) < 4.78 is 0. The van der Waals surface area contributed by atoms with Gasteiger partial charge in [-0.05, 0) is 41.2 Å². The maximum Gasteiger partial charge on any atom is 0.303 e. The van der Waals surface area contributed by atoms with Crippen LogP contribution in [-0.2, 0) is 14.4 Å². The first-order chi connectivity index (χ1) is 9.55. The third-order valence-corrected chi connectivity index (χ3v) is 3.84. The second-order valence-electron chi connectivity index (χ2n) is 6.38. The molecule has 0 saturated carbocycles. The van der Waals surface area contributed by atoms with E-state index in [0.29, 0.717) is 0 Å². The molecule has 0 aromatic rings. The van der Waals surface area contributed by atoms with E-state index in [4.69, 9.17) is 5.11 Å². The van der Waals surface area contributed by atoms with E-state index in [1.165, 1.54) is 11.0 Å². The average molecular weight is 296 g/mol. The molecule has 1 N–H and O–H groups in total. The molecular formula is C15H24N2O4. The van der Waals surface area contributed by atoms with Gasteiger partial charge in [0.2, 0.25) is 5.91 Å². The van der Waals surface area contributed by atoms with E-state index in [2.05, 4.69) is 0 Å². The van der Waals surface area contributed by atoms with Gasteiger partial charge in [-0.3, -0.25) is 24.2 Å². The fourth-order valence-corrected chi connectivity index (χ4v) is 2.27. The first-order valence-electron chi connectivity index (χ1n) is 7.05. The molecule has 0 aromatic carbocycles. The third-order valence-electron chi connectivity index (χ3n) is 3.84. The summed E-state index contributed by atoms with van der Waals surface area (Å²) in [5.41, 5.74) is -0.307. The average Bonchev–Trinajstić information content (AvgIpc) is 2.67. The maximum atomic E-state index is 12.7. The van der Waals surface area contributed by atoms with E-state index < -0.39 is 12.0 Å². The van der Waals surface area contributed by atoms with Crippen molar-refractivity contribution in [1.29, 1.82) is 0 Å². The van der Waals surface area contributed by atoms with Gasteiger partial charge in [0, 0.05) is 18.0 Å². The van der Waals surface area contributed by atoms with Crippen LogP contribution in [0.1, 0.15) is 40.5 Å². The monoisotopic (exact) mass is 296 g/mol. The molecule has 1 aliphatic heterocycles. The van der Waals surface area contributed by atoms with Crippen molar-refractivity contribution < 1.29 is 19.5 Å². The Labute approximate surface area is 125 Å². The molecule has 1 rings (SSSR count). The van der Waals surface area contributed by atoms with Crippen LogP contribution in [-0.4, -0.2) is 57.4 Å². The summed E-state index contributed by atoms with van der Waals surface area (Å²) in [6, 6.07) is -0.918. The number of carboxylic acid groups (broad SMARTS) is 1. The summed E-state index contributed by atoms with van der Waals surface area (Å²) >= 11 is 0. The van der Waals surface area contributed by atoms with Crippen molar-refractivity contribution in [3.05, 3.63) is 12.2 Å². The molecule has 2 unspecified atom stereocenters. The van der Waals surface area contributed by atoms with Crippen LogP contribution in [0.5, 0.6) is 0 Å². The molecule has 0 fully saturated rings. The lowest BCUT2D eigenvalue weighted by Crippen LogP contribution is -2.55. The van der Waals surface area contributed by atoms with Crippen LogP contribution in [0.4, 0.5) is 0 Å². The van der Waals surface area contributed by atoms with Crippen molar-refractivity contribution in [2.24, 2.45) is 0 Å².